The lowest BCUT2D eigenvalue weighted by Crippen LogP contribution is -3.15. The quantitative estimate of drug-likeness (QED) is 0.772. The molecule has 2 rings (SSSR count). The molecule has 0 saturated carbocycles. The molecule has 1 aliphatic rings. The molecule has 0 bridgehead atoms. The van der Waals surface area contributed by atoms with E-state index >= 15 is 0 Å². The normalized spacial score (nSPS) is 36.7. The van der Waals surface area contributed by atoms with E-state index in [0.717, 1.165) is 18.5 Å². The molecule has 1 aromatic rings. The Hall–Kier alpha value is -0.860. The second-order valence-corrected chi connectivity index (χ2v) is 6.30. The van der Waals surface area contributed by atoms with Crippen LogP contribution in [0.2, 0.25) is 0 Å². The highest BCUT2D eigenvalue weighted by atomic mass is 16.3. The van der Waals surface area contributed by atoms with E-state index in [1.807, 2.05) is 0 Å². The zero-order chi connectivity index (χ0) is 13.5. The molecule has 0 spiro atoms. The second-order valence-electron chi connectivity index (χ2n) is 6.30. The van der Waals surface area contributed by atoms with Crippen LogP contribution in [-0.2, 0) is 5.60 Å². The number of nitrogens with one attached hydrogen (secondary N) is 1. The van der Waals surface area contributed by atoms with E-state index in [0.29, 0.717) is 12.0 Å². The first-order valence-corrected chi connectivity index (χ1v) is 6.97. The van der Waals surface area contributed by atoms with Crippen LogP contribution in [0.4, 0.5) is 0 Å². The summed E-state index contributed by atoms with van der Waals surface area (Å²) in [5.41, 5.74) is 2.92. The van der Waals surface area contributed by atoms with Crippen LogP contribution in [0.3, 0.4) is 0 Å². The van der Waals surface area contributed by atoms with Gasteiger partial charge in [0.1, 0.15) is 5.60 Å². The molecule has 100 valence electrons. The molecule has 0 aliphatic carbocycles. The van der Waals surface area contributed by atoms with Crippen molar-refractivity contribution >= 4 is 0 Å². The van der Waals surface area contributed by atoms with Crippen molar-refractivity contribution in [2.75, 3.05) is 13.6 Å². The summed E-state index contributed by atoms with van der Waals surface area (Å²) in [5, 5.41) is 11.2. The summed E-state index contributed by atoms with van der Waals surface area (Å²) in [6.07, 6.45) is 0.851. The Bertz CT molecular complexity index is 443. The zero-order valence-electron chi connectivity index (χ0n) is 12.2. The van der Waals surface area contributed by atoms with Crippen LogP contribution in [0.1, 0.15) is 37.0 Å². The fraction of sp³-hybridized carbons (Fsp3) is 0.625. The van der Waals surface area contributed by atoms with Crippen molar-refractivity contribution in [1.29, 1.82) is 0 Å². The third kappa shape index (κ3) is 2.19. The lowest BCUT2D eigenvalue weighted by atomic mass is 9.73. The third-order valence-corrected chi connectivity index (χ3v) is 4.76. The molecule has 0 aromatic heterocycles. The maximum Gasteiger partial charge on any atom is 0.103 e. The van der Waals surface area contributed by atoms with Crippen molar-refractivity contribution in [3.63, 3.8) is 0 Å². The molecule has 2 N–H and O–H groups in total. The Kier molecular flexibility index (Phi) is 3.52. The molecular formula is C16H26NO+. The molecule has 0 radical (unpaired) electrons. The Labute approximate surface area is 111 Å². The first-order valence-electron chi connectivity index (χ1n) is 6.97. The smallest absolute Gasteiger partial charge is 0.103 e. The first-order chi connectivity index (χ1) is 8.34. The van der Waals surface area contributed by atoms with E-state index in [1.165, 1.54) is 16.0 Å². The number of hydrogen-bond donors (Lipinski definition) is 2. The van der Waals surface area contributed by atoms with Gasteiger partial charge in [0.25, 0.3) is 0 Å². The summed E-state index contributed by atoms with van der Waals surface area (Å²) < 4.78 is 0. The minimum absolute atomic E-state index is 0.300. The summed E-state index contributed by atoms with van der Waals surface area (Å²) in [6, 6.07) is 6.92. The van der Waals surface area contributed by atoms with E-state index < -0.39 is 5.60 Å². The molecule has 1 heterocycles. The predicted octanol–water partition coefficient (Wildman–Crippen LogP) is 1.43. The van der Waals surface area contributed by atoms with E-state index in [9.17, 15) is 5.11 Å². The zero-order valence-corrected chi connectivity index (χ0v) is 12.2. The average Bonchev–Trinajstić information content (AvgIpc) is 2.30. The topological polar surface area (TPSA) is 24.7 Å². The summed E-state index contributed by atoms with van der Waals surface area (Å²) in [7, 11) is 2.23. The number of benzene rings is 1. The van der Waals surface area contributed by atoms with Crippen LogP contribution < -0.4 is 4.90 Å². The number of piperidine rings is 1. The van der Waals surface area contributed by atoms with Gasteiger partial charge in [-0.25, -0.2) is 0 Å². The lowest BCUT2D eigenvalue weighted by molar-refractivity contribution is -0.916. The SMILES string of the molecule is Cc1ccc(C)c([C@@]2(O)C[C@@H](C)[NH+](C)C[C@@H]2C)c1. The van der Waals surface area contributed by atoms with Gasteiger partial charge in [0.2, 0.25) is 0 Å². The molecule has 1 aromatic carbocycles. The Morgan fingerprint density at radius 3 is 2.61 bits per heavy atom. The van der Waals surface area contributed by atoms with Gasteiger partial charge in [0.05, 0.1) is 19.6 Å². The fourth-order valence-corrected chi connectivity index (χ4v) is 3.27. The van der Waals surface area contributed by atoms with Crippen LogP contribution in [0.5, 0.6) is 0 Å². The lowest BCUT2D eigenvalue weighted by Gasteiger charge is -2.44. The van der Waals surface area contributed by atoms with Crippen molar-refractivity contribution in [2.45, 2.75) is 45.8 Å². The van der Waals surface area contributed by atoms with Gasteiger partial charge in [0, 0.05) is 12.3 Å². The molecule has 1 saturated heterocycles. The van der Waals surface area contributed by atoms with Crippen LogP contribution in [0, 0.1) is 19.8 Å². The molecule has 18 heavy (non-hydrogen) atoms. The fourth-order valence-electron chi connectivity index (χ4n) is 3.27. The highest BCUT2D eigenvalue weighted by Gasteiger charge is 2.45. The molecule has 1 fully saturated rings. The van der Waals surface area contributed by atoms with E-state index in [1.54, 1.807) is 0 Å². The molecular weight excluding hydrogens is 222 g/mol. The van der Waals surface area contributed by atoms with Crippen LogP contribution in [-0.4, -0.2) is 24.7 Å². The van der Waals surface area contributed by atoms with Crippen LogP contribution >= 0.6 is 0 Å². The summed E-state index contributed by atoms with van der Waals surface area (Å²) in [5.74, 6) is 0.300. The largest absolute Gasteiger partial charge is 0.384 e. The van der Waals surface area contributed by atoms with Crippen molar-refractivity contribution in [3.05, 3.63) is 34.9 Å². The summed E-state index contributed by atoms with van der Waals surface area (Å²) >= 11 is 0. The predicted molar refractivity (Wildman–Crippen MR) is 74.8 cm³/mol. The third-order valence-electron chi connectivity index (χ3n) is 4.76. The Balaban J connectivity index is 2.43. The van der Waals surface area contributed by atoms with Gasteiger partial charge in [0.15, 0.2) is 0 Å². The molecule has 0 amide bonds. The summed E-state index contributed by atoms with van der Waals surface area (Å²) in [4.78, 5) is 1.53. The van der Waals surface area contributed by atoms with Crippen LogP contribution in [0.25, 0.3) is 0 Å². The standard InChI is InChI=1S/C16H25NO/c1-11-6-7-12(2)15(8-11)16(18)9-14(4)17(5)10-13(16)3/h6-8,13-14,18H,9-10H2,1-5H3/p+1/t13-,14+,16+/m0/s1. The van der Waals surface area contributed by atoms with Gasteiger partial charge in [-0.05, 0) is 31.9 Å². The van der Waals surface area contributed by atoms with Crippen molar-refractivity contribution in [1.82, 2.24) is 0 Å². The van der Waals surface area contributed by atoms with Crippen molar-refractivity contribution in [2.24, 2.45) is 5.92 Å². The number of hydrogen-bond acceptors (Lipinski definition) is 1. The van der Waals surface area contributed by atoms with Crippen molar-refractivity contribution < 1.29 is 10.0 Å². The van der Waals surface area contributed by atoms with E-state index in [-0.39, 0.29) is 0 Å². The molecule has 1 unspecified atom stereocenters. The monoisotopic (exact) mass is 248 g/mol. The molecule has 4 atom stereocenters. The van der Waals surface area contributed by atoms with Crippen molar-refractivity contribution in [3.8, 4) is 0 Å². The van der Waals surface area contributed by atoms with Gasteiger partial charge >= 0.3 is 0 Å². The number of rotatable bonds is 1. The minimum Gasteiger partial charge on any atom is -0.384 e. The highest BCUT2D eigenvalue weighted by Crippen LogP contribution is 2.37. The maximum atomic E-state index is 11.2. The number of likely N-dealkylation sites (tertiary alicyclic amines) is 1. The number of aliphatic hydroxyl groups is 1. The van der Waals surface area contributed by atoms with Gasteiger partial charge in [-0.15, -0.1) is 0 Å². The summed E-state index contributed by atoms with van der Waals surface area (Å²) in [6.45, 7) is 9.65. The maximum absolute atomic E-state index is 11.2. The number of aryl methyl sites for hydroxylation is 2. The molecule has 2 nitrogen and oxygen atoms in total. The average molecular weight is 248 g/mol. The first kappa shape index (κ1) is 13.6. The minimum atomic E-state index is -0.658. The van der Waals surface area contributed by atoms with Crippen LogP contribution in [0.15, 0.2) is 18.2 Å². The van der Waals surface area contributed by atoms with Gasteiger partial charge < -0.3 is 10.0 Å². The van der Waals surface area contributed by atoms with E-state index in [2.05, 4.69) is 52.9 Å². The second kappa shape index (κ2) is 4.67. The van der Waals surface area contributed by atoms with Gasteiger partial charge in [-0.1, -0.05) is 30.7 Å². The molecule has 2 heteroatoms. The number of quaternary nitrogens is 1. The Morgan fingerprint density at radius 2 is 1.94 bits per heavy atom. The van der Waals surface area contributed by atoms with E-state index in [4.69, 9.17) is 0 Å². The van der Waals surface area contributed by atoms with Gasteiger partial charge in [-0.2, -0.15) is 0 Å². The Morgan fingerprint density at radius 1 is 1.28 bits per heavy atom. The highest BCUT2D eigenvalue weighted by molar-refractivity contribution is 5.36. The van der Waals surface area contributed by atoms with Gasteiger partial charge in [-0.3, -0.25) is 0 Å². The molecule has 1 aliphatic heterocycles.